The largest absolute Gasteiger partial charge is 0.510 e. The SMILES string of the molecule is CN(C)[C@@H]1C(O)=C(C(N)=O)C(=O)C2C(=O)C3=C(O)c4c(cc5ccccc5c4O)C[C@H]3C[C@H]21. The molecule has 0 aromatic heterocycles. The number of ketones is 2. The molecule has 1 amide bonds. The minimum atomic E-state index is -1.24. The van der Waals surface area contributed by atoms with Crippen LogP contribution < -0.4 is 5.73 Å². The van der Waals surface area contributed by atoms with Gasteiger partial charge in [0.2, 0.25) is 0 Å². The molecule has 1 saturated carbocycles. The zero-order valence-corrected chi connectivity index (χ0v) is 18.2. The molecular weight excluding hydrogens is 424 g/mol. The number of phenols is 1. The van der Waals surface area contributed by atoms with Crippen molar-refractivity contribution in [2.45, 2.75) is 18.9 Å². The van der Waals surface area contributed by atoms with Crippen molar-refractivity contribution in [3.05, 3.63) is 58.4 Å². The third kappa shape index (κ3) is 2.83. The number of aliphatic hydroxyl groups excluding tert-OH is 2. The number of nitrogens with two attached hydrogens (primary N) is 1. The first kappa shape index (κ1) is 21.2. The van der Waals surface area contributed by atoms with E-state index in [1.165, 1.54) is 0 Å². The van der Waals surface area contributed by atoms with Crippen LogP contribution in [0.5, 0.6) is 5.75 Å². The van der Waals surface area contributed by atoms with Gasteiger partial charge in [0.1, 0.15) is 22.8 Å². The Balaban J connectivity index is 1.70. The molecule has 0 bridgehead atoms. The molecule has 2 aromatic carbocycles. The number of carbonyl (C=O) groups excluding carboxylic acids is 3. The minimum absolute atomic E-state index is 0.0883. The van der Waals surface area contributed by atoms with E-state index in [9.17, 15) is 29.7 Å². The molecule has 4 atom stereocenters. The number of phenolic OH excluding ortho intramolecular Hbond substituents is 1. The number of likely N-dealkylation sites (N-methyl/N-ethyl adjacent to an activating group) is 1. The van der Waals surface area contributed by atoms with Crippen molar-refractivity contribution >= 4 is 34.0 Å². The topological polar surface area (TPSA) is 141 Å². The molecule has 1 unspecified atom stereocenters. The second-order valence-electron chi connectivity index (χ2n) is 9.28. The summed E-state index contributed by atoms with van der Waals surface area (Å²) in [5.74, 6) is -5.58. The average Bonchev–Trinajstić information content (AvgIpc) is 2.72. The number of allylic oxidation sites excluding steroid dienone is 1. The molecule has 0 spiro atoms. The minimum Gasteiger partial charge on any atom is -0.510 e. The summed E-state index contributed by atoms with van der Waals surface area (Å²) < 4.78 is 0. The van der Waals surface area contributed by atoms with Crippen LogP contribution >= 0.6 is 0 Å². The number of Topliss-reactive ketones (excluding diaryl/α,β-unsaturated/α-hetero) is 2. The van der Waals surface area contributed by atoms with Gasteiger partial charge in [-0.2, -0.15) is 0 Å². The van der Waals surface area contributed by atoms with Crippen LogP contribution in [0.3, 0.4) is 0 Å². The first-order chi connectivity index (χ1) is 15.6. The van der Waals surface area contributed by atoms with E-state index < -0.39 is 52.6 Å². The zero-order chi connectivity index (χ0) is 23.8. The maximum atomic E-state index is 13.6. The highest BCUT2D eigenvalue weighted by atomic mass is 16.3. The van der Waals surface area contributed by atoms with Crippen LogP contribution in [0.2, 0.25) is 0 Å². The smallest absolute Gasteiger partial charge is 0.255 e. The number of hydrogen-bond donors (Lipinski definition) is 4. The van der Waals surface area contributed by atoms with Gasteiger partial charge >= 0.3 is 0 Å². The Morgan fingerprint density at radius 3 is 2.45 bits per heavy atom. The van der Waals surface area contributed by atoms with Crippen LogP contribution in [-0.4, -0.2) is 57.8 Å². The molecule has 0 radical (unpaired) electrons. The maximum absolute atomic E-state index is 13.6. The van der Waals surface area contributed by atoms with Crippen molar-refractivity contribution in [2.24, 2.45) is 23.5 Å². The summed E-state index contributed by atoms with van der Waals surface area (Å²) in [6, 6.07) is 8.37. The van der Waals surface area contributed by atoms with Gasteiger partial charge in [0.15, 0.2) is 11.6 Å². The number of aliphatic hydroxyl groups is 2. The third-order valence-corrected chi connectivity index (χ3v) is 7.28. The monoisotopic (exact) mass is 448 g/mol. The number of nitrogens with zero attached hydrogens (tertiary/aromatic N) is 1. The Labute approximate surface area is 189 Å². The van der Waals surface area contributed by atoms with Crippen molar-refractivity contribution in [3.63, 3.8) is 0 Å². The Kier molecular flexibility index (Phi) is 4.61. The molecule has 8 heteroatoms. The molecule has 3 aliphatic rings. The normalized spacial score (nSPS) is 27.0. The zero-order valence-electron chi connectivity index (χ0n) is 18.2. The lowest BCUT2D eigenvalue weighted by Crippen LogP contribution is -2.55. The van der Waals surface area contributed by atoms with Crippen molar-refractivity contribution < 1.29 is 29.7 Å². The summed E-state index contributed by atoms with van der Waals surface area (Å²) in [5.41, 5.74) is 5.81. The van der Waals surface area contributed by atoms with Gasteiger partial charge in [0.05, 0.1) is 17.5 Å². The van der Waals surface area contributed by atoms with E-state index in [-0.39, 0.29) is 22.6 Å². The highest BCUT2D eigenvalue weighted by Gasteiger charge is 2.55. The van der Waals surface area contributed by atoms with E-state index in [1.807, 2.05) is 18.2 Å². The molecule has 1 fully saturated rings. The van der Waals surface area contributed by atoms with Gasteiger partial charge in [-0.3, -0.25) is 19.3 Å². The molecular formula is C25H24N2O6. The molecule has 2 aromatic rings. The molecule has 8 nitrogen and oxygen atoms in total. The van der Waals surface area contributed by atoms with Crippen molar-refractivity contribution in [1.82, 2.24) is 4.90 Å². The Hall–Kier alpha value is -3.65. The maximum Gasteiger partial charge on any atom is 0.255 e. The fourth-order valence-electron chi connectivity index (χ4n) is 5.98. The van der Waals surface area contributed by atoms with Crippen LogP contribution in [0, 0.1) is 17.8 Å². The number of benzene rings is 2. The standard InChI is InChI=1S/C25H24N2O6/c1-27(2)19-14-9-12-8-11-7-10-5-3-4-6-13(10)20(28)15(11)21(29)16(12)22(30)17(14)23(31)18(24(19)32)25(26)33/h3-7,12,14,17,19,28-29,32H,8-9H2,1-2H3,(H2,26,33)/t12-,14+,17?,19-/m0/s1. The fraction of sp³-hybridized carbons (Fsp3) is 0.320. The Morgan fingerprint density at radius 2 is 1.79 bits per heavy atom. The predicted molar refractivity (Wildman–Crippen MR) is 120 cm³/mol. The van der Waals surface area contributed by atoms with Crippen molar-refractivity contribution in [2.75, 3.05) is 14.1 Å². The lowest BCUT2D eigenvalue weighted by Gasteiger charge is -2.46. The van der Waals surface area contributed by atoms with E-state index >= 15 is 0 Å². The Bertz CT molecular complexity index is 1320. The quantitative estimate of drug-likeness (QED) is 0.407. The summed E-state index contributed by atoms with van der Waals surface area (Å²) in [7, 11) is 3.39. The summed E-state index contributed by atoms with van der Waals surface area (Å²) >= 11 is 0. The average molecular weight is 448 g/mol. The van der Waals surface area contributed by atoms with E-state index in [0.29, 0.717) is 23.8 Å². The Morgan fingerprint density at radius 1 is 1.09 bits per heavy atom. The van der Waals surface area contributed by atoms with Crippen LogP contribution in [0.25, 0.3) is 16.5 Å². The number of carbonyl (C=O) groups is 3. The highest BCUT2D eigenvalue weighted by Crippen LogP contribution is 2.51. The number of aromatic hydroxyl groups is 1. The van der Waals surface area contributed by atoms with Gasteiger partial charge in [-0.05, 0) is 49.7 Å². The van der Waals surface area contributed by atoms with Crippen molar-refractivity contribution in [3.8, 4) is 5.75 Å². The van der Waals surface area contributed by atoms with Crippen LogP contribution in [0.4, 0.5) is 0 Å². The molecule has 170 valence electrons. The lowest BCUT2D eigenvalue weighted by atomic mass is 9.59. The van der Waals surface area contributed by atoms with Crippen LogP contribution in [0.1, 0.15) is 17.5 Å². The fourth-order valence-corrected chi connectivity index (χ4v) is 5.98. The second kappa shape index (κ2) is 7.18. The molecule has 33 heavy (non-hydrogen) atoms. The number of rotatable bonds is 2. The molecule has 0 heterocycles. The molecule has 0 saturated heterocycles. The van der Waals surface area contributed by atoms with Crippen LogP contribution in [-0.2, 0) is 20.8 Å². The third-order valence-electron chi connectivity index (χ3n) is 7.28. The van der Waals surface area contributed by atoms with E-state index in [0.717, 1.165) is 5.39 Å². The summed E-state index contributed by atoms with van der Waals surface area (Å²) in [4.78, 5) is 40.4. The van der Waals surface area contributed by atoms with Gasteiger partial charge in [-0.1, -0.05) is 30.3 Å². The van der Waals surface area contributed by atoms with Gasteiger partial charge in [0, 0.05) is 11.0 Å². The van der Waals surface area contributed by atoms with Gasteiger partial charge in [-0.15, -0.1) is 0 Å². The molecule has 5 rings (SSSR count). The summed E-state index contributed by atoms with van der Waals surface area (Å²) in [5, 5.41) is 34.2. The molecule has 3 aliphatic carbocycles. The first-order valence-electron chi connectivity index (χ1n) is 10.8. The number of primary amides is 1. The number of amides is 1. The van der Waals surface area contributed by atoms with Gasteiger partial charge in [0.25, 0.3) is 5.91 Å². The van der Waals surface area contributed by atoms with Crippen molar-refractivity contribution in [1.29, 1.82) is 0 Å². The number of hydrogen-bond acceptors (Lipinski definition) is 7. The van der Waals surface area contributed by atoms with Gasteiger partial charge in [-0.25, -0.2) is 0 Å². The van der Waals surface area contributed by atoms with Crippen LogP contribution in [0.15, 0.2) is 47.2 Å². The van der Waals surface area contributed by atoms with E-state index in [4.69, 9.17) is 5.73 Å². The number of fused-ring (bicyclic) bond motifs is 4. The first-order valence-corrected chi connectivity index (χ1v) is 10.8. The predicted octanol–water partition coefficient (Wildman–Crippen LogP) is 2.00. The molecule has 0 aliphatic heterocycles. The summed E-state index contributed by atoms with van der Waals surface area (Å²) in [6.07, 6.45) is 0.733. The second-order valence-corrected chi connectivity index (χ2v) is 9.28. The summed E-state index contributed by atoms with van der Waals surface area (Å²) in [6.45, 7) is 0. The molecule has 5 N–H and O–H groups in total. The highest BCUT2D eigenvalue weighted by molar-refractivity contribution is 6.28. The van der Waals surface area contributed by atoms with E-state index in [2.05, 4.69) is 0 Å². The van der Waals surface area contributed by atoms with Gasteiger partial charge < -0.3 is 21.1 Å². The lowest BCUT2D eigenvalue weighted by molar-refractivity contribution is -0.136. The van der Waals surface area contributed by atoms with E-state index in [1.54, 1.807) is 31.1 Å².